The van der Waals surface area contributed by atoms with E-state index < -0.39 is 9.84 Å². The molecule has 28 heavy (non-hydrogen) atoms. The van der Waals surface area contributed by atoms with Gasteiger partial charge in [-0.05, 0) is 29.8 Å². The quantitative estimate of drug-likeness (QED) is 0.353. The van der Waals surface area contributed by atoms with E-state index in [1.165, 1.54) is 11.8 Å². The van der Waals surface area contributed by atoms with Gasteiger partial charge in [0, 0.05) is 22.3 Å². The first-order valence-electron chi connectivity index (χ1n) is 8.29. The molecule has 0 aliphatic rings. The minimum atomic E-state index is -3.53. The molecule has 1 heterocycles. The number of benzene rings is 2. The Kier molecular flexibility index (Phi) is 6.82. The van der Waals surface area contributed by atoms with Crippen LogP contribution in [0.4, 0.5) is 0 Å². The van der Waals surface area contributed by atoms with Crippen LogP contribution in [0, 0.1) is 0 Å². The van der Waals surface area contributed by atoms with Crippen LogP contribution in [0.1, 0.15) is 11.4 Å². The Hall–Kier alpha value is -1.80. The number of nitrogens with zero attached hydrogens (tertiary/aromatic N) is 3. The van der Waals surface area contributed by atoms with E-state index in [1.807, 2.05) is 0 Å². The monoisotopic (exact) mass is 453 g/mol. The van der Waals surface area contributed by atoms with Crippen molar-refractivity contribution in [1.29, 1.82) is 0 Å². The van der Waals surface area contributed by atoms with Gasteiger partial charge in [-0.15, -0.1) is 16.8 Å². The summed E-state index contributed by atoms with van der Waals surface area (Å²) in [6, 6.07) is 13.6. The molecule has 0 aliphatic carbocycles. The van der Waals surface area contributed by atoms with E-state index in [2.05, 4.69) is 16.8 Å². The van der Waals surface area contributed by atoms with Crippen LogP contribution in [0.3, 0.4) is 0 Å². The van der Waals surface area contributed by atoms with Gasteiger partial charge in [-0.25, -0.2) is 8.42 Å². The third-order valence-electron chi connectivity index (χ3n) is 3.93. The number of aromatic nitrogens is 3. The number of allylic oxidation sites excluding steroid dienone is 1. The first-order valence-corrected chi connectivity index (χ1v) is 11.7. The molecule has 0 saturated heterocycles. The number of hydrogen-bond donors (Lipinski definition) is 0. The van der Waals surface area contributed by atoms with Gasteiger partial charge in [0.05, 0.1) is 4.90 Å². The van der Waals surface area contributed by atoms with Crippen molar-refractivity contribution in [2.75, 3.05) is 0 Å². The summed E-state index contributed by atoms with van der Waals surface area (Å²) >= 11 is 13.8. The van der Waals surface area contributed by atoms with Crippen molar-refractivity contribution >= 4 is 44.8 Å². The van der Waals surface area contributed by atoms with Crippen molar-refractivity contribution in [2.24, 2.45) is 0 Å². The first kappa shape index (κ1) is 20.9. The van der Waals surface area contributed by atoms with Crippen LogP contribution in [0.5, 0.6) is 0 Å². The van der Waals surface area contributed by atoms with Gasteiger partial charge < -0.3 is 4.57 Å². The van der Waals surface area contributed by atoms with Crippen molar-refractivity contribution in [3.8, 4) is 0 Å². The molecule has 1 aromatic heterocycles. The average molecular weight is 454 g/mol. The molecule has 0 fully saturated rings. The second-order valence-corrected chi connectivity index (χ2v) is 9.61. The Morgan fingerprint density at radius 1 is 1.04 bits per heavy atom. The molecule has 0 N–H and O–H groups in total. The first-order chi connectivity index (χ1) is 13.4. The zero-order chi connectivity index (χ0) is 20.1. The van der Waals surface area contributed by atoms with Crippen molar-refractivity contribution in [1.82, 2.24) is 14.8 Å². The lowest BCUT2D eigenvalue weighted by Gasteiger charge is -2.09. The molecule has 0 unspecified atom stereocenters. The van der Waals surface area contributed by atoms with Gasteiger partial charge in [0.15, 0.2) is 15.0 Å². The molecule has 5 nitrogen and oxygen atoms in total. The normalized spacial score (nSPS) is 11.5. The molecule has 2 aromatic carbocycles. The highest BCUT2D eigenvalue weighted by atomic mass is 35.5. The van der Waals surface area contributed by atoms with E-state index >= 15 is 0 Å². The minimum Gasteiger partial charge on any atom is -0.301 e. The highest BCUT2D eigenvalue weighted by molar-refractivity contribution is 7.98. The van der Waals surface area contributed by atoms with E-state index in [9.17, 15) is 8.42 Å². The van der Waals surface area contributed by atoms with Crippen LogP contribution in [0.15, 0.2) is 71.2 Å². The van der Waals surface area contributed by atoms with Crippen LogP contribution >= 0.6 is 35.0 Å². The smallest absolute Gasteiger partial charge is 0.191 e. The largest absolute Gasteiger partial charge is 0.301 e. The Morgan fingerprint density at radius 2 is 1.71 bits per heavy atom. The Balaban J connectivity index is 1.85. The molecule has 0 amide bonds. The predicted molar refractivity (Wildman–Crippen MR) is 114 cm³/mol. The molecule has 146 valence electrons. The maximum atomic E-state index is 12.7. The van der Waals surface area contributed by atoms with Gasteiger partial charge >= 0.3 is 0 Å². The van der Waals surface area contributed by atoms with Crippen molar-refractivity contribution in [3.63, 3.8) is 0 Å². The van der Waals surface area contributed by atoms with E-state index in [-0.39, 0.29) is 10.6 Å². The summed E-state index contributed by atoms with van der Waals surface area (Å²) in [4.78, 5) is 0.250. The summed E-state index contributed by atoms with van der Waals surface area (Å²) in [6.07, 6.45) is 1.68. The molecule has 0 bridgehead atoms. The third-order valence-corrected chi connectivity index (χ3v) is 7.26. The number of rotatable bonds is 8. The van der Waals surface area contributed by atoms with Crippen LogP contribution < -0.4 is 0 Å². The summed E-state index contributed by atoms with van der Waals surface area (Å²) < 4.78 is 27.1. The van der Waals surface area contributed by atoms with Crippen LogP contribution in [-0.4, -0.2) is 23.2 Å². The van der Waals surface area contributed by atoms with Crippen LogP contribution in [0.25, 0.3) is 0 Å². The standard InChI is InChI=1S/C19H17Cl2N3O2S2/c1-2-11-24-18(13-28(25,26)14-7-4-3-5-8-14)22-23-19(24)27-12-15-16(20)9-6-10-17(15)21/h2-10H,1,11-13H2. The highest BCUT2D eigenvalue weighted by Gasteiger charge is 2.21. The fourth-order valence-electron chi connectivity index (χ4n) is 2.53. The molecule has 3 aromatic rings. The summed E-state index contributed by atoms with van der Waals surface area (Å²) in [5.41, 5.74) is 0.794. The Morgan fingerprint density at radius 3 is 2.36 bits per heavy atom. The fraction of sp³-hybridized carbons (Fsp3) is 0.158. The van der Waals surface area contributed by atoms with Crippen molar-refractivity contribution in [3.05, 3.63) is 82.6 Å². The lowest BCUT2D eigenvalue weighted by Crippen LogP contribution is -2.11. The molecule has 0 spiro atoms. The van der Waals surface area contributed by atoms with Crippen LogP contribution in [-0.2, 0) is 27.9 Å². The Bertz CT molecular complexity index is 1060. The molecule has 0 atom stereocenters. The van der Waals surface area contributed by atoms with Crippen molar-refractivity contribution < 1.29 is 8.42 Å². The maximum Gasteiger partial charge on any atom is 0.191 e. The highest BCUT2D eigenvalue weighted by Crippen LogP contribution is 2.31. The third kappa shape index (κ3) is 4.78. The molecule has 0 radical (unpaired) electrons. The van der Waals surface area contributed by atoms with E-state index in [0.29, 0.717) is 33.3 Å². The zero-order valence-corrected chi connectivity index (χ0v) is 17.9. The zero-order valence-electron chi connectivity index (χ0n) is 14.8. The number of halogens is 2. The van der Waals surface area contributed by atoms with E-state index in [0.717, 1.165) is 5.56 Å². The lowest BCUT2D eigenvalue weighted by molar-refractivity contribution is 0.590. The molecule has 3 rings (SSSR count). The van der Waals surface area contributed by atoms with Gasteiger partial charge in [0.1, 0.15) is 11.6 Å². The number of sulfone groups is 1. The molecule has 9 heteroatoms. The second kappa shape index (κ2) is 9.13. The van der Waals surface area contributed by atoms with E-state index in [4.69, 9.17) is 23.2 Å². The average Bonchev–Trinajstić information content (AvgIpc) is 3.03. The molecular weight excluding hydrogens is 437 g/mol. The molecular formula is C19H17Cl2N3O2S2. The SMILES string of the molecule is C=CCn1c(CS(=O)(=O)c2ccccc2)nnc1SCc1c(Cl)cccc1Cl. The Labute approximate surface area is 178 Å². The van der Waals surface area contributed by atoms with Gasteiger partial charge in [-0.2, -0.15) is 0 Å². The minimum absolute atomic E-state index is 0.245. The van der Waals surface area contributed by atoms with Crippen molar-refractivity contribution in [2.45, 2.75) is 28.1 Å². The summed E-state index contributed by atoms with van der Waals surface area (Å²) in [5.74, 6) is 0.598. The number of thioether (sulfide) groups is 1. The number of hydrogen-bond acceptors (Lipinski definition) is 5. The molecule has 0 saturated carbocycles. The van der Waals surface area contributed by atoms with Gasteiger partial charge in [0.2, 0.25) is 0 Å². The maximum absolute atomic E-state index is 12.7. The fourth-order valence-corrected chi connectivity index (χ4v) is 5.53. The van der Waals surface area contributed by atoms with Gasteiger partial charge in [0.25, 0.3) is 0 Å². The van der Waals surface area contributed by atoms with Gasteiger partial charge in [-0.3, -0.25) is 0 Å². The molecule has 0 aliphatic heterocycles. The topological polar surface area (TPSA) is 64.8 Å². The second-order valence-electron chi connectivity index (χ2n) is 5.86. The summed E-state index contributed by atoms with van der Waals surface area (Å²) in [7, 11) is -3.53. The predicted octanol–water partition coefficient (Wildman–Crippen LogP) is 5.04. The van der Waals surface area contributed by atoms with Crippen LogP contribution in [0.2, 0.25) is 10.0 Å². The summed E-state index contributed by atoms with van der Waals surface area (Å²) in [5, 5.41) is 9.99. The van der Waals surface area contributed by atoms with Gasteiger partial charge in [-0.1, -0.05) is 65.3 Å². The summed E-state index contributed by atoms with van der Waals surface area (Å²) in [6.45, 7) is 4.14. The lowest BCUT2D eigenvalue weighted by atomic mass is 10.2. The van der Waals surface area contributed by atoms with E-state index in [1.54, 1.807) is 59.2 Å².